The Bertz CT molecular complexity index is 614. The molecule has 0 aliphatic heterocycles. The normalized spacial score (nSPS) is 11.3. The summed E-state index contributed by atoms with van der Waals surface area (Å²) in [6.07, 6.45) is -2.27. The van der Waals surface area contributed by atoms with Crippen LogP contribution in [0.25, 0.3) is 0 Å². The van der Waals surface area contributed by atoms with E-state index in [-0.39, 0.29) is 11.8 Å². The highest BCUT2D eigenvalue weighted by molar-refractivity contribution is 5.44. The van der Waals surface area contributed by atoms with Crippen molar-refractivity contribution in [3.05, 3.63) is 41.9 Å². The van der Waals surface area contributed by atoms with Crippen LogP contribution in [0.1, 0.15) is 11.4 Å². The van der Waals surface area contributed by atoms with Crippen LogP contribution in [0.4, 0.5) is 24.9 Å². The molecule has 0 spiro atoms. The summed E-state index contributed by atoms with van der Waals surface area (Å²) >= 11 is 0. The molecule has 22 heavy (non-hydrogen) atoms. The Balaban J connectivity index is 2.11. The van der Waals surface area contributed by atoms with Gasteiger partial charge in [0.25, 0.3) is 0 Å². The van der Waals surface area contributed by atoms with E-state index in [1.54, 1.807) is 26.4 Å². The first-order valence-electron chi connectivity index (χ1n) is 6.63. The molecule has 0 bridgehead atoms. The predicted octanol–water partition coefficient (Wildman–Crippen LogP) is 2.61. The summed E-state index contributed by atoms with van der Waals surface area (Å²) in [5.41, 5.74) is -0.124. The second kappa shape index (κ2) is 6.59. The number of rotatable bonds is 5. The highest BCUT2D eigenvalue weighted by atomic mass is 19.4. The van der Waals surface area contributed by atoms with Crippen LogP contribution in [0.15, 0.2) is 30.5 Å². The van der Waals surface area contributed by atoms with E-state index in [2.05, 4.69) is 20.3 Å². The Morgan fingerprint density at radius 2 is 1.95 bits per heavy atom. The zero-order valence-electron chi connectivity index (χ0n) is 12.2. The zero-order valence-corrected chi connectivity index (χ0v) is 12.2. The van der Waals surface area contributed by atoms with Gasteiger partial charge < -0.3 is 10.2 Å². The molecule has 5 nitrogen and oxygen atoms in total. The summed E-state index contributed by atoms with van der Waals surface area (Å²) in [5, 5.41) is 2.81. The number of anilines is 2. The molecule has 0 saturated carbocycles. The maximum absolute atomic E-state index is 12.9. The third kappa shape index (κ3) is 4.31. The maximum Gasteiger partial charge on any atom is 0.433 e. The fraction of sp³-hybridized carbons (Fsp3) is 0.357. The molecule has 0 aliphatic carbocycles. The highest BCUT2D eigenvalue weighted by Crippen LogP contribution is 2.30. The van der Waals surface area contributed by atoms with E-state index in [1.165, 1.54) is 4.90 Å². The van der Waals surface area contributed by atoms with E-state index in [1.807, 2.05) is 12.1 Å². The van der Waals surface area contributed by atoms with Gasteiger partial charge in [-0.15, -0.1) is 0 Å². The van der Waals surface area contributed by atoms with Gasteiger partial charge in [-0.1, -0.05) is 6.07 Å². The van der Waals surface area contributed by atoms with E-state index in [0.717, 1.165) is 11.8 Å². The van der Waals surface area contributed by atoms with E-state index in [9.17, 15) is 13.2 Å². The molecule has 0 unspecified atom stereocenters. The van der Waals surface area contributed by atoms with Crippen molar-refractivity contribution in [2.75, 3.05) is 30.9 Å². The van der Waals surface area contributed by atoms with Gasteiger partial charge in [-0.2, -0.15) is 18.2 Å². The van der Waals surface area contributed by atoms with Crippen molar-refractivity contribution in [2.24, 2.45) is 0 Å². The van der Waals surface area contributed by atoms with E-state index >= 15 is 0 Å². The van der Waals surface area contributed by atoms with Crippen LogP contribution in [0.5, 0.6) is 0 Å². The third-order valence-corrected chi connectivity index (χ3v) is 2.85. The molecule has 2 heterocycles. The fourth-order valence-electron chi connectivity index (χ4n) is 1.74. The lowest BCUT2D eigenvalue weighted by Gasteiger charge is -2.15. The first kappa shape index (κ1) is 16.0. The summed E-state index contributed by atoms with van der Waals surface area (Å²) < 4.78 is 38.6. The molecule has 0 radical (unpaired) electrons. The summed E-state index contributed by atoms with van der Waals surface area (Å²) in [6, 6.07) is 6.42. The quantitative estimate of drug-likeness (QED) is 0.920. The number of hydrogen-bond acceptors (Lipinski definition) is 5. The fourth-order valence-corrected chi connectivity index (χ4v) is 1.74. The number of aromatic nitrogens is 3. The van der Waals surface area contributed by atoms with Crippen molar-refractivity contribution >= 4 is 11.8 Å². The monoisotopic (exact) mass is 311 g/mol. The van der Waals surface area contributed by atoms with Gasteiger partial charge in [0, 0.05) is 45.0 Å². The molecule has 0 amide bonds. The Kier molecular flexibility index (Phi) is 4.79. The Morgan fingerprint density at radius 3 is 2.55 bits per heavy atom. The first-order chi connectivity index (χ1) is 10.4. The molecule has 1 N–H and O–H groups in total. The van der Waals surface area contributed by atoms with Crippen LogP contribution in [-0.2, 0) is 12.6 Å². The number of hydrogen-bond donors (Lipinski definition) is 1. The SMILES string of the molecule is CN(C)c1cc(C(F)(F)F)nc(NCCc2ccccn2)n1. The van der Waals surface area contributed by atoms with Crippen molar-refractivity contribution in [3.63, 3.8) is 0 Å². The van der Waals surface area contributed by atoms with E-state index < -0.39 is 11.9 Å². The van der Waals surface area contributed by atoms with Gasteiger partial charge in [-0.05, 0) is 12.1 Å². The predicted molar refractivity (Wildman–Crippen MR) is 77.8 cm³/mol. The van der Waals surface area contributed by atoms with Gasteiger partial charge in [-0.25, -0.2) is 4.98 Å². The van der Waals surface area contributed by atoms with Crippen molar-refractivity contribution in [1.29, 1.82) is 0 Å². The minimum absolute atomic E-state index is 0.0468. The molecule has 0 fully saturated rings. The molecule has 2 aromatic heterocycles. The molecule has 2 aromatic rings. The largest absolute Gasteiger partial charge is 0.433 e. The molecular weight excluding hydrogens is 295 g/mol. The molecular formula is C14H16F3N5. The average Bonchev–Trinajstić information content (AvgIpc) is 2.47. The average molecular weight is 311 g/mol. The second-order valence-electron chi connectivity index (χ2n) is 4.83. The lowest BCUT2D eigenvalue weighted by Crippen LogP contribution is -2.18. The molecule has 0 saturated heterocycles. The van der Waals surface area contributed by atoms with Crippen LogP contribution in [0.2, 0.25) is 0 Å². The number of nitrogens with one attached hydrogen (secondary N) is 1. The van der Waals surface area contributed by atoms with Gasteiger partial charge >= 0.3 is 6.18 Å². The lowest BCUT2D eigenvalue weighted by atomic mass is 10.3. The second-order valence-corrected chi connectivity index (χ2v) is 4.83. The van der Waals surface area contributed by atoms with Gasteiger partial charge in [-0.3, -0.25) is 4.98 Å². The van der Waals surface area contributed by atoms with Crippen LogP contribution in [0, 0.1) is 0 Å². The van der Waals surface area contributed by atoms with Crippen molar-refractivity contribution in [1.82, 2.24) is 15.0 Å². The smallest absolute Gasteiger partial charge is 0.363 e. The highest BCUT2D eigenvalue weighted by Gasteiger charge is 2.33. The van der Waals surface area contributed by atoms with Crippen molar-refractivity contribution < 1.29 is 13.2 Å². The van der Waals surface area contributed by atoms with Crippen LogP contribution >= 0.6 is 0 Å². The van der Waals surface area contributed by atoms with E-state index in [4.69, 9.17) is 0 Å². The van der Waals surface area contributed by atoms with Crippen LogP contribution in [-0.4, -0.2) is 35.6 Å². The summed E-state index contributed by atoms with van der Waals surface area (Å²) in [6.45, 7) is 0.394. The minimum Gasteiger partial charge on any atom is -0.363 e. The number of halogens is 3. The molecule has 0 aliphatic rings. The van der Waals surface area contributed by atoms with Crippen molar-refractivity contribution in [2.45, 2.75) is 12.6 Å². The number of nitrogens with zero attached hydrogens (tertiary/aromatic N) is 4. The van der Waals surface area contributed by atoms with E-state index in [0.29, 0.717) is 13.0 Å². The van der Waals surface area contributed by atoms with Crippen LogP contribution < -0.4 is 10.2 Å². The number of alkyl halides is 3. The van der Waals surface area contributed by atoms with Gasteiger partial charge in [0.15, 0.2) is 5.69 Å². The van der Waals surface area contributed by atoms with Gasteiger partial charge in [0.05, 0.1) is 0 Å². The minimum atomic E-state index is -4.51. The molecule has 118 valence electrons. The van der Waals surface area contributed by atoms with Crippen LogP contribution in [0.3, 0.4) is 0 Å². The summed E-state index contributed by atoms with van der Waals surface area (Å²) in [4.78, 5) is 13.2. The molecule has 2 rings (SSSR count). The molecule has 8 heteroatoms. The lowest BCUT2D eigenvalue weighted by molar-refractivity contribution is -0.141. The Morgan fingerprint density at radius 1 is 1.18 bits per heavy atom. The molecule has 0 atom stereocenters. The first-order valence-corrected chi connectivity index (χ1v) is 6.63. The van der Waals surface area contributed by atoms with Gasteiger partial charge in [0.2, 0.25) is 5.95 Å². The van der Waals surface area contributed by atoms with Crippen molar-refractivity contribution in [3.8, 4) is 0 Å². The zero-order chi connectivity index (χ0) is 16.2. The van der Waals surface area contributed by atoms with Gasteiger partial charge in [0.1, 0.15) is 5.82 Å². The Hall–Kier alpha value is -2.38. The maximum atomic E-state index is 12.9. The summed E-state index contributed by atoms with van der Waals surface area (Å²) in [7, 11) is 3.25. The third-order valence-electron chi connectivity index (χ3n) is 2.85. The molecule has 0 aromatic carbocycles. The summed E-state index contributed by atoms with van der Waals surface area (Å²) in [5.74, 6) is 0.150. The number of pyridine rings is 1. The standard InChI is InChI=1S/C14H16F3N5/c1-22(2)12-9-11(14(15,16)17)20-13(21-12)19-8-6-10-5-3-4-7-18-10/h3-5,7,9H,6,8H2,1-2H3,(H,19,20,21). The Labute approximate surface area is 126 Å². The topological polar surface area (TPSA) is 53.9 Å².